The number of benzene rings is 2. The number of carbonyl (C=O) groups excluding carboxylic acids is 1. The van der Waals surface area contributed by atoms with Gasteiger partial charge in [0.15, 0.2) is 5.13 Å². The van der Waals surface area contributed by atoms with Gasteiger partial charge in [-0.2, -0.15) is 0 Å². The van der Waals surface area contributed by atoms with Gasteiger partial charge in [0.05, 0.1) is 29.4 Å². The number of hydrogen-bond donors (Lipinski definition) is 1. The van der Waals surface area contributed by atoms with E-state index in [2.05, 4.69) is 20.3 Å². The minimum absolute atomic E-state index is 0.0962. The summed E-state index contributed by atoms with van der Waals surface area (Å²) in [6.45, 7) is 3.89. The first kappa shape index (κ1) is 19.0. The first-order valence-corrected chi connectivity index (χ1v) is 9.97. The lowest BCUT2D eigenvalue weighted by atomic mass is 10.0. The Labute approximate surface area is 172 Å². The predicted octanol–water partition coefficient (Wildman–Crippen LogP) is 4.56. The van der Waals surface area contributed by atoms with Gasteiger partial charge >= 0.3 is 0 Å². The Bertz CT molecular complexity index is 1200. The molecule has 4 aromatic rings. The Morgan fingerprint density at radius 3 is 2.72 bits per heavy atom. The molecule has 2 heterocycles. The highest BCUT2D eigenvalue weighted by molar-refractivity contribution is 7.22. The molecule has 0 saturated carbocycles. The number of aromatic nitrogens is 3. The number of thiazole rings is 1. The summed E-state index contributed by atoms with van der Waals surface area (Å²) in [6.07, 6.45) is 2.04. The molecule has 7 heteroatoms. The Morgan fingerprint density at radius 2 is 1.97 bits per heavy atom. The maximum Gasteiger partial charge on any atom is 0.230 e. The second kappa shape index (κ2) is 7.97. The average molecular weight is 404 g/mol. The summed E-state index contributed by atoms with van der Waals surface area (Å²) in [5, 5.41) is 3.48. The van der Waals surface area contributed by atoms with E-state index in [-0.39, 0.29) is 12.3 Å². The number of carbonyl (C=O) groups is 1. The summed E-state index contributed by atoms with van der Waals surface area (Å²) in [5.74, 6) is 1.41. The molecule has 0 fully saturated rings. The highest BCUT2D eigenvalue weighted by atomic mass is 32.1. The molecule has 29 heavy (non-hydrogen) atoms. The average Bonchev–Trinajstić information content (AvgIpc) is 3.09. The molecule has 0 atom stereocenters. The van der Waals surface area contributed by atoms with Gasteiger partial charge in [-0.3, -0.25) is 4.79 Å². The van der Waals surface area contributed by atoms with E-state index < -0.39 is 0 Å². The number of nitrogens with zero attached hydrogens (tertiary/aromatic N) is 3. The predicted molar refractivity (Wildman–Crippen MR) is 115 cm³/mol. The number of ether oxygens (including phenoxy) is 1. The third-order valence-electron chi connectivity index (χ3n) is 4.55. The van der Waals surface area contributed by atoms with Crippen LogP contribution in [-0.2, 0) is 11.2 Å². The van der Waals surface area contributed by atoms with Crippen molar-refractivity contribution >= 4 is 32.6 Å². The number of nitrogens with one attached hydrogen (secondary N) is 1. The quantitative estimate of drug-likeness (QED) is 0.528. The molecule has 0 spiro atoms. The van der Waals surface area contributed by atoms with E-state index in [1.54, 1.807) is 13.3 Å². The standard InChI is InChI=1S/C22H20N4O2S/c1-13-10-15(4-6-17(13)18-8-9-23-14(2)24-18)11-21(27)26-22-25-19-7-5-16(28-3)12-20(19)29-22/h4-10,12H,11H2,1-3H3,(H,25,26,27). The molecular formula is C22H20N4O2S. The third-order valence-corrected chi connectivity index (χ3v) is 5.48. The molecule has 0 aliphatic rings. The number of fused-ring (bicyclic) bond motifs is 1. The van der Waals surface area contributed by atoms with Crippen LogP contribution in [0.15, 0.2) is 48.7 Å². The Kier molecular flexibility index (Phi) is 5.22. The van der Waals surface area contributed by atoms with E-state index in [1.165, 1.54) is 11.3 Å². The lowest BCUT2D eigenvalue weighted by Crippen LogP contribution is -2.14. The molecule has 0 unspecified atom stereocenters. The van der Waals surface area contributed by atoms with Crippen molar-refractivity contribution in [3.8, 4) is 17.0 Å². The highest BCUT2D eigenvalue weighted by Crippen LogP contribution is 2.29. The van der Waals surface area contributed by atoms with Crippen LogP contribution in [-0.4, -0.2) is 28.0 Å². The fraction of sp³-hybridized carbons (Fsp3) is 0.182. The van der Waals surface area contributed by atoms with Gasteiger partial charge in [-0.25, -0.2) is 15.0 Å². The minimum Gasteiger partial charge on any atom is -0.497 e. The number of hydrogen-bond acceptors (Lipinski definition) is 6. The first-order chi connectivity index (χ1) is 14.0. The molecule has 2 aromatic heterocycles. The van der Waals surface area contributed by atoms with Crippen LogP contribution >= 0.6 is 11.3 Å². The SMILES string of the molecule is COc1ccc2nc(NC(=O)Cc3ccc(-c4ccnc(C)n4)c(C)c3)sc2c1. The van der Waals surface area contributed by atoms with Gasteiger partial charge in [0.1, 0.15) is 11.6 Å². The maximum absolute atomic E-state index is 12.5. The summed E-state index contributed by atoms with van der Waals surface area (Å²) in [5.41, 5.74) is 4.78. The zero-order valence-corrected chi connectivity index (χ0v) is 17.2. The smallest absolute Gasteiger partial charge is 0.230 e. The van der Waals surface area contributed by atoms with Crippen molar-refractivity contribution in [2.75, 3.05) is 12.4 Å². The van der Waals surface area contributed by atoms with E-state index in [9.17, 15) is 4.79 Å². The van der Waals surface area contributed by atoms with E-state index in [0.29, 0.717) is 5.13 Å². The molecule has 0 radical (unpaired) electrons. The van der Waals surface area contributed by atoms with Gasteiger partial charge in [-0.1, -0.05) is 29.5 Å². The lowest BCUT2D eigenvalue weighted by molar-refractivity contribution is -0.115. The van der Waals surface area contributed by atoms with Crippen LogP contribution in [0.5, 0.6) is 5.75 Å². The molecule has 146 valence electrons. The number of amides is 1. The first-order valence-electron chi connectivity index (χ1n) is 9.16. The van der Waals surface area contributed by atoms with Crippen molar-refractivity contribution in [2.45, 2.75) is 20.3 Å². The van der Waals surface area contributed by atoms with Crippen LogP contribution < -0.4 is 10.1 Å². The Morgan fingerprint density at radius 1 is 1.10 bits per heavy atom. The molecule has 1 N–H and O–H groups in total. The molecule has 0 aliphatic carbocycles. The topological polar surface area (TPSA) is 77.0 Å². The Hall–Kier alpha value is -3.32. The van der Waals surface area contributed by atoms with Gasteiger partial charge in [-0.15, -0.1) is 0 Å². The Balaban J connectivity index is 1.48. The molecular weight excluding hydrogens is 384 g/mol. The van der Waals surface area contributed by atoms with Gasteiger partial charge in [0.2, 0.25) is 5.91 Å². The molecule has 4 rings (SSSR count). The van der Waals surface area contributed by atoms with Crippen molar-refractivity contribution in [1.29, 1.82) is 0 Å². The summed E-state index contributed by atoms with van der Waals surface area (Å²) in [4.78, 5) is 25.6. The van der Waals surface area contributed by atoms with Gasteiger partial charge in [-0.05, 0) is 49.2 Å². The van der Waals surface area contributed by atoms with Crippen molar-refractivity contribution in [1.82, 2.24) is 15.0 Å². The summed E-state index contributed by atoms with van der Waals surface area (Å²) in [7, 11) is 1.63. The lowest BCUT2D eigenvalue weighted by Gasteiger charge is -2.08. The van der Waals surface area contributed by atoms with Gasteiger partial charge in [0.25, 0.3) is 0 Å². The zero-order chi connectivity index (χ0) is 20.4. The second-order valence-electron chi connectivity index (χ2n) is 6.72. The second-order valence-corrected chi connectivity index (χ2v) is 7.75. The fourth-order valence-corrected chi connectivity index (χ4v) is 4.07. The molecule has 1 amide bonds. The van der Waals surface area contributed by atoms with Gasteiger partial charge < -0.3 is 10.1 Å². The number of methoxy groups -OCH3 is 1. The summed E-state index contributed by atoms with van der Waals surface area (Å²) in [6, 6.07) is 13.5. The summed E-state index contributed by atoms with van der Waals surface area (Å²) < 4.78 is 6.21. The zero-order valence-electron chi connectivity index (χ0n) is 16.4. The van der Waals surface area contributed by atoms with Crippen LogP contribution in [0, 0.1) is 13.8 Å². The van der Waals surface area contributed by atoms with Crippen molar-refractivity contribution in [2.24, 2.45) is 0 Å². The molecule has 2 aromatic carbocycles. The summed E-state index contributed by atoms with van der Waals surface area (Å²) >= 11 is 1.43. The molecule has 0 aliphatic heterocycles. The molecule has 0 bridgehead atoms. The maximum atomic E-state index is 12.5. The number of aryl methyl sites for hydroxylation is 2. The normalized spacial score (nSPS) is 10.9. The minimum atomic E-state index is -0.0962. The number of rotatable bonds is 5. The van der Waals surface area contributed by atoms with Crippen molar-refractivity contribution < 1.29 is 9.53 Å². The van der Waals surface area contributed by atoms with Crippen molar-refractivity contribution in [3.63, 3.8) is 0 Å². The fourth-order valence-electron chi connectivity index (χ4n) is 3.16. The van der Waals surface area contributed by atoms with E-state index in [1.807, 2.05) is 56.3 Å². The molecule has 0 saturated heterocycles. The van der Waals surface area contributed by atoms with Gasteiger partial charge in [0, 0.05) is 11.8 Å². The largest absolute Gasteiger partial charge is 0.497 e. The van der Waals surface area contributed by atoms with Crippen LogP contribution in [0.2, 0.25) is 0 Å². The van der Waals surface area contributed by atoms with Crippen LogP contribution in [0.3, 0.4) is 0 Å². The van der Waals surface area contributed by atoms with E-state index in [4.69, 9.17) is 4.74 Å². The van der Waals surface area contributed by atoms with Crippen LogP contribution in [0.4, 0.5) is 5.13 Å². The van der Waals surface area contributed by atoms with E-state index >= 15 is 0 Å². The van der Waals surface area contributed by atoms with Crippen LogP contribution in [0.1, 0.15) is 17.0 Å². The van der Waals surface area contributed by atoms with E-state index in [0.717, 1.165) is 44.2 Å². The monoisotopic (exact) mass is 404 g/mol. The van der Waals surface area contributed by atoms with Crippen molar-refractivity contribution in [3.05, 3.63) is 65.6 Å². The van der Waals surface area contributed by atoms with Crippen LogP contribution in [0.25, 0.3) is 21.5 Å². The highest BCUT2D eigenvalue weighted by Gasteiger charge is 2.11. The molecule has 6 nitrogen and oxygen atoms in total. The third kappa shape index (κ3) is 4.25. The number of anilines is 1.